The topological polar surface area (TPSA) is 46.3 Å². The molecule has 3 atom stereocenters. The molecule has 5 heteroatoms. The smallest absolute Gasteiger partial charge is 0.227 e. The summed E-state index contributed by atoms with van der Waals surface area (Å²) in [7, 11) is 0. The number of benzene rings is 1. The van der Waals surface area contributed by atoms with Gasteiger partial charge in [-0.3, -0.25) is 4.79 Å². The Morgan fingerprint density at radius 3 is 2.76 bits per heavy atom. The lowest BCUT2D eigenvalue weighted by Gasteiger charge is -2.29. The summed E-state index contributed by atoms with van der Waals surface area (Å²) in [5, 5.41) is 0. The van der Waals surface area contributed by atoms with Gasteiger partial charge in [0.05, 0.1) is 6.42 Å². The normalized spacial score (nSPS) is 27.9. The van der Waals surface area contributed by atoms with Gasteiger partial charge in [0.2, 0.25) is 5.91 Å². The fourth-order valence-electron chi connectivity index (χ4n) is 3.64. The quantitative estimate of drug-likeness (QED) is 0.911. The van der Waals surface area contributed by atoms with Gasteiger partial charge in [-0.2, -0.15) is 0 Å². The van der Waals surface area contributed by atoms with Gasteiger partial charge in [0.25, 0.3) is 0 Å². The van der Waals surface area contributed by atoms with E-state index in [0.717, 1.165) is 25.9 Å². The number of hydrogen-bond donors (Lipinski definition) is 1. The van der Waals surface area contributed by atoms with Gasteiger partial charge in [-0.25, -0.2) is 4.39 Å². The van der Waals surface area contributed by atoms with Crippen molar-refractivity contribution in [3.8, 4) is 0 Å². The SMILES string of the molecule is Cl.NC1CCCC2CN(C(=O)Cc3ccccc3F)CC12. The van der Waals surface area contributed by atoms with Crippen molar-refractivity contribution in [2.45, 2.75) is 31.7 Å². The van der Waals surface area contributed by atoms with Gasteiger partial charge >= 0.3 is 0 Å². The molecule has 1 aliphatic carbocycles. The van der Waals surface area contributed by atoms with Gasteiger partial charge in [-0.15, -0.1) is 12.4 Å². The number of carbonyl (C=O) groups is 1. The first-order chi connectivity index (χ1) is 9.65. The van der Waals surface area contributed by atoms with E-state index < -0.39 is 0 Å². The predicted molar refractivity (Wildman–Crippen MR) is 82.7 cm³/mol. The van der Waals surface area contributed by atoms with Crippen molar-refractivity contribution in [1.82, 2.24) is 4.90 Å². The Labute approximate surface area is 131 Å². The van der Waals surface area contributed by atoms with E-state index in [1.807, 2.05) is 4.90 Å². The van der Waals surface area contributed by atoms with Crippen LogP contribution in [0.2, 0.25) is 0 Å². The standard InChI is InChI=1S/C16H21FN2O.ClH/c17-14-6-2-1-4-11(14)8-16(20)19-9-12-5-3-7-15(18)13(12)10-19;/h1-2,4,6,12-13,15H,3,5,7-10,18H2;1H. The summed E-state index contributed by atoms with van der Waals surface area (Å²) >= 11 is 0. The molecule has 3 unspecified atom stereocenters. The lowest BCUT2D eigenvalue weighted by Crippen LogP contribution is -2.38. The van der Waals surface area contributed by atoms with Crippen LogP contribution in [0.25, 0.3) is 0 Å². The minimum absolute atomic E-state index is 0. The molecule has 3 rings (SSSR count). The van der Waals surface area contributed by atoms with Gasteiger partial charge < -0.3 is 10.6 Å². The Hall–Kier alpha value is -1.13. The molecule has 1 aromatic carbocycles. The molecule has 1 amide bonds. The van der Waals surface area contributed by atoms with Crippen molar-refractivity contribution in [3.05, 3.63) is 35.6 Å². The third-order valence-electron chi connectivity index (χ3n) is 4.81. The Morgan fingerprint density at radius 2 is 2.05 bits per heavy atom. The highest BCUT2D eigenvalue weighted by molar-refractivity contribution is 5.85. The van der Waals surface area contributed by atoms with Crippen LogP contribution < -0.4 is 5.73 Å². The van der Waals surface area contributed by atoms with Crippen LogP contribution in [0.1, 0.15) is 24.8 Å². The van der Waals surface area contributed by atoms with Crippen molar-refractivity contribution in [3.63, 3.8) is 0 Å². The van der Waals surface area contributed by atoms with Crippen LogP contribution in [0.5, 0.6) is 0 Å². The van der Waals surface area contributed by atoms with Gasteiger partial charge in [0, 0.05) is 19.1 Å². The van der Waals surface area contributed by atoms with E-state index in [9.17, 15) is 9.18 Å². The zero-order valence-electron chi connectivity index (χ0n) is 12.0. The molecule has 3 nitrogen and oxygen atoms in total. The summed E-state index contributed by atoms with van der Waals surface area (Å²) in [6.45, 7) is 1.55. The van der Waals surface area contributed by atoms with Gasteiger partial charge in [0.1, 0.15) is 5.82 Å². The molecule has 0 aromatic heterocycles. The van der Waals surface area contributed by atoms with E-state index >= 15 is 0 Å². The number of halogens is 2. The molecule has 1 aromatic rings. The maximum Gasteiger partial charge on any atom is 0.227 e. The molecule has 21 heavy (non-hydrogen) atoms. The van der Waals surface area contributed by atoms with Gasteiger partial charge in [-0.1, -0.05) is 24.6 Å². The minimum atomic E-state index is -0.297. The summed E-state index contributed by atoms with van der Waals surface area (Å²) in [6, 6.07) is 6.72. The second-order valence-corrected chi connectivity index (χ2v) is 6.09. The van der Waals surface area contributed by atoms with Crippen LogP contribution in [-0.2, 0) is 11.2 Å². The molecule has 2 N–H and O–H groups in total. The zero-order chi connectivity index (χ0) is 14.1. The second-order valence-electron chi connectivity index (χ2n) is 6.09. The van der Waals surface area contributed by atoms with Crippen LogP contribution in [0.15, 0.2) is 24.3 Å². The lowest BCUT2D eigenvalue weighted by molar-refractivity contribution is -0.129. The van der Waals surface area contributed by atoms with Crippen molar-refractivity contribution in [2.75, 3.05) is 13.1 Å². The molecule has 1 saturated carbocycles. The molecule has 0 bridgehead atoms. The van der Waals surface area contributed by atoms with E-state index in [1.165, 1.54) is 12.5 Å². The van der Waals surface area contributed by atoms with E-state index in [1.54, 1.807) is 18.2 Å². The molecule has 1 heterocycles. The Balaban J connectivity index is 0.00000161. The van der Waals surface area contributed by atoms with Crippen molar-refractivity contribution >= 4 is 18.3 Å². The van der Waals surface area contributed by atoms with Crippen molar-refractivity contribution in [2.24, 2.45) is 17.6 Å². The zero-order valence-corrected chi connectivity index (χ0v) is 12.8. The Kier molecular flexibility index (Phi) is 5.22. The summed E-state index contributed by atoms with van der Waals surface area (Å²) in [6.07, 6.45) is 3.55. The highest BCUT2D eigenvalue weighted by Gasteiger charge is 2.40. The average molecular weight is 313 g/mol. The summed E-state index contributed by atoms with van der Waals surface area (Å²) in [5.41, 5.74) is 6.64. The van der Waals surface area contributed by atoms with Crippen LogP contribution in [-0.4, -0.2) is 29.9 Å². The molecule has 116 valence electrons. The maximum atomic E-state index is 13.6. The number of hydrogen-bond acceptors (Lipinski definition) is 2. The van der Waals surface area contributed by atoms with Crippen molar-refractivity contribution in [1.29, 1.82) is 0 Å². The number of carbonyl (C=O) groups excluding carboxylic acids is 1. The van der Waals surface area contributed by atoms with Crippen LogP contribution in [0.4, 0.5) is 4.39 Å². The fraction of sp³-hybridized carbons (Fsp3) is 0.562. The number of nitrogens with zero attached hydrogens (tertiary/aromatic N) is 1. The monoisotopic (exact) mass is 312 g/mol. The minimum Gasteiger partial charge on any atom is -0.342 e. The second kappa shape index (κ2) is 6.75. The van der Waals surface area contributed by atoms with Crippen LogP contribution >= 0.6 is 12.4 Å². The summed E-state index contributed by atoms with van der Waals surface area (Å²) in [4.78, 5) is 14.2. The molecule has 2 aliphatic rings. The number of rotatable bonds is 2. The van der Waals surface area contributed by atoms with E-state index in [4.69, 9.17) is 5.73 Å². The van der Waals surface area contributed by atoms with E-state index in [-0.39, 0.29) is 36.6 Å². The number of fused-ring (bicyclic) bond motifs is 1. The third-order valence-corrected chi connectivity index (χ3v) is 4.81. The first-order valence-electron chi connectivity index (χ1n) is 7.42. The molecular weight excluding hydrogens is 291 g/mol. The van der Waals surface area contributed by atoms with Gasteiger partial charge in [-0.05, 0) is 36.3 Å². The van der Waals surface area contributed by atoms with E-state index in [2.05, 4.69) is 0 Å². The molecule has 0 radical (unpaired) electrons. The van der Waals surface area contributed by atoms with Crippen LogP contribution in [0, 0.1) is 17.7 Å². The predicted octanol–water partition coefficient (Wildman–Crippen LogP) is 2.38. The molecule has 0 spiro atoms. The van der Waals surface area contributed by atoms with Crippen LogP contribution in [0.3, 0.4) is 0 Å². The molecular formula is C16H22ClFN2O. The first kappa shape index (κ1) is 16.2. The first-order valence-corrected chi connectivity index (χ1v) is 7.42. The van der Waals surface area contributed by atoms with Gasteiger partial charge in [0.15, 0.2) is 0 Å². The molecule has 1 aliphatic heterocycles. The number of amides is 1. The highest BCUT2D eigenvalue weighted by atomic mass is 35.5. The summed E-state index contributed by atoms with van der Waals surface area (Å²) in [5.74, 6) is 0.711. The third kappa shape index (κ3) is 3.38. The molecule has 1 saturated heterocycles. The fourth-order valence-corrected chi connectivity index (χ4v) is 3.64. The Morgan fingerprint density at radius 1 is 1.29 bits per heavy atom. The Bertz CT molecular complexity index is 511. The average Bonchev–Trinajstić information content (AvgIpc) is 2.87. The lowest BCUT2D eigenvalue weighted by atomic mass is 9.78. The largest absolute Gasteiger partial charge is 0.342 e. The molecule has 2 fully saturated rings. The summed E-state index contributed by atoms with van der Waals surface area (Å²) < 4.78 is 13.6. The van der Waals surface area contributed by atoms with E-state index in [0.29, 0.717) is 17.4 Å². The highest BCUT2D eigenvalue weighted by Crippen LogP contribution is 2.35. The number of nitrogens with two attached hydrogens (primary N) is 1. The maximum absolute atomic E-state index is 13.6. The number of likely N-dealkylation sites (tertiary alicyclic amines) is 1. The van der Waals surface area contributed by atoms with Crippen molar-refractivity contribution < 1.29 is 9.18 Å².